The lowest BCUT2D eigenvalue weighted by atomic mass is 9.97. The molecule has 0 radical (unpaired) electrons. The number of rotatable bonds is 3. The lowest BCUT2D eigenvalue weighted by molar-refractivity contribution is -0.118. The van der Waals surface area contributed by atoms with Crippen LogP contribution in [0.3, 0.4) is 0 Å². The van der Waals surface area contributed by atoms with Gasteiger partial charge in [-0.1, -0.05) is 62.2 Å². The number of hydrogen-bond acceptors (Lipinski definition) is 2. The summed E-state index contributed by atoms with van der Waals surface area (Å²) in [5.74, 6) is 0.180. The van der Waals surface area contributed by atoms with E-state index in [9.17, 15) is 4.79 Å². The van der Waals surface area contributed by atoms with Gasteiger partial charge >= 0.3 is 0 Å². The van der Waals surface area contributed by atoms with Crippen molar-refractivity contribution in [3.63, 3.8) is 0 Å². The predicted molar refractivity (Wildman–Crippen MR) is 95.1 cm³/mol. The van der Waals surface area contributed by atoms with E-state index in [4.69, 9.17) is 4.99 Å². The first-order valence-corrected chi connectivity index (χ1v) is 8.15. The summed E-state index contributed by atoms with van der Waals surface area (Å²) in [6, 6.07) is 15.8. The number of benzodiazepines with no additional fused rings is 1. The minimum Gasteiger partial charge on any atom is -0.324 e. The Bertz CT molecular complexity index is 749. The largest absolute Gasteiger partial charge is 0.324 e. The number of benzene rings is 2. The molecular weight excluding hydrogens is 284 g/mol. The Kier molecular flexibility index (Phi) is 4.28. The zero-order valence-electron chi connectivity index (χ0n) is 13.8. The van der Waals surface area contributed by atoms with Gasteiger partial charge in [-0.05, 0) is 25.0 Å². The third kappa shape index (κ3) is 3.04. The van der Waals surface area contributed by atoms with Gasteiger partial charge in [0.05, 0.1) is 11.4 Å². The van der Waals surface area contributed by atoms with Crippen molar-refractivity contribution < 1.29 is 4.79 Å². The molecule has 0 fully saturated rings. The van der Waals surface area contributed by atoms with Gasteiger partial charge in [-0.2, -0.15) is 0 Å². The third-order valence-corrected chi connectivity index (χ3v) is 4.46. The molecule has 1 aliphatic rings. The van der Waals surface area contributed by atoms with Gasteiger partial charge in [-0.25, -0.2) is 0 Å². The van der Waals surface area contributed by atoms with Crippen LogP contribution < -0.4 is 5.32 Å². The summed E-state index contributed by atoms with van der Waals surface area (Å²) in [7, 11) is 0. The number of hydrogen-bond donors (Lipinski definition) is 1. The summed E-state index contributed by atoms with van der Waals surface area (Å²) >= 11 is 0. The van der Waals surface area contributed by atoms with Gasteiger partial charge in [0.2, 0.25) is 5.91 Å². The van der Waals surface area contributed by atoms with E-state index >= 15 is 0 Å². The SMILES string of the molecule is CC[C@H](C)C1N=C(c2ccccc2)c2cc(C)ccc2NC1=O. The number of carbonyl (C=O) groups is 1. The molecule has 0 saturated heterocycles. The average Bonchev–Trinajstić information content (AvgIpc) is 2.71. The second kappa shape index (κ2) is 6.37. The number of amides is 1. The molecule has 3 rings (SSSR count). The molecule has 1 amide bonds. The standard InChI is InChI=1S/C20H22N2O/c1-4-14(3)18-20(23)21-17-11-10-13(2)12-16(17)19(22-18)15-8-6-5-7-9-15/h5-12,14,18H,4H2,1-3H3,(H,21,23)/t14-,18?/m0/s1. The molecule has 1 aliphatic heterocycles. The monoisotopic (exact) mass is 306 g/mol. The highest BCUT2D eigenvalue weighted by Crippen LogP contribution is 2.27. The Hall–Kier alpha value is -2.42. The molecule has 1 heterocycles. The predicted octanol–water partition coefficient (Wildman–Crippen LogP) is 4.20. The Morgan fingerprint density at radius 1 is 1.17 bits per heavy atom. The lowest BCUT2D eigenvalue weighted by Crippen LogP contribution is -2.31. The average molecular weight is 306 g/mol. The minimum absolute atomic E-state index is 0.0182. The van der Waals surface area contributed by atoms with E-state index in [0.717, 1.165) is 34.5 Å². The summed E-state index contributed by atoms with van der Waals surface area (Å²) in [4.78, 5) is 17.5. The normalized spacial score (nSPS) is 18.5. The van der Waals surface area contributed by atoms with Gasteiger partial charge in [-0.15, -0.1) is 0 Å². The molecule has 3 heteroatoms. The Labute approximate surface area is 137 Å². The van der Waals surface area contributed by atoms with E-state index in [1.165, 1.54) is 0 Å². The van der Waals surface area contributed by atoms with Crippen LogP contribution in [0.5, 0.6) is 0 Å². The van der Waals surface area contributed by atoms with E-state index in [2.05, 4.69) is 44.3 Å². The lowest BCUT2D eigenvalue weighted by Gasteiger charge is -2.17. The second-order valence-electron chi connectivity index (χ2n) is 6.21. The Morgan fingerprint density at radius 3 is 2.61 bits per heavy atom. The summed E-state index contributed by atoms with van der Waals surface area (Å²) in [5.41, 5.74) is 4.94. The second-order valence-corrected chi connectivity index (χ2v) is 6.21. The maximum Gasteiger partial charge on any atom is 0.249 e. The molecule has 0 bridgehead atoms. The van der Waals surface area contributed by atoms with Crippen LogP contribution in [-0.2, 0) is 4.79 Å². The molecule has 1 unspecified atom stereocenters. The van der Waals surface area contributed by atoms with Gasteiger partial charge in [0, 0.05) is 11.1 Å². The van der Waals surface area contributed by atoms with Gasteiger partial charge < -0.3 is 5.32 Å². The van der Waals surface area contributed by atoms with Crippen molar-refractivity contribution in [1.29, 1.82) is 0 Å². The van der Waals surface area contributed by atoms with Crippen LogP contribution in [0.25, 0.3) is 0 Å². The maximum atomic E-state index is 12.6. The topological polar surface area (TPSA) is 41.5 Å². The summed E-state index contributed by atoms with van der Waals surface area (Å²) < 4.78 is 0. The van der Waals surface area contributed by atoms with Crippen molar-refractivity contribution in [2.45, 2.75) is 33.2 Å². The molecule has 2 aromatic carbocycles. The van der Waals surface area contributed by atoms with Crippen LogP contribution in [0.2, 0.25) is 0 Å². The first kappa shape index (κ1) is 15.5. The summed E-state index contributed by atoms with van der Waals surface area (Å²) in [6.07, 6.45) is 0.916. The molecule has 3 nitrogen and oxygen atoms in total. The highest BCUT2D eigenvalue weighted by Gasteiger charge is 2.29. The highest BCUT2D eigenvalue weighted by molar-refractivity contribution is 6.19. The molecule has 0 aromatic heterocycles. The van der Waals surface area contributed by atoms with Crippen molar-refractivity contribution in [3.05, 3.63) is 65.2 Å². The first-order valence-electron chi connectivity index (χ1n) is 8.15. The molecule has 0 aliphatic carbocycles. The zero-order chi connectivity index (χ0) is 16.4. The number of carbonyl (C=O) groups excluding carboxylic acids is 1. The van der Waals surface area contributed by atoms with Crippen LogP contribution in [0.1, 0.15) is 37.0 Å². The van der Waals surface area contributed by atoms with E-state index in [-0.39, 0.29) is 17.9 Å². The van der Waals surface area contributed by atoms with Crippen molar-refractivity contribution in [3.8, 4) is 0 Å². The molecular formula is C20H22N2O. The molecule has 1 N–H and O–H groups in total. The number of aryl methyl sites for hydroxylation is 1. The number of aliphatic imine (C=N–C) groups is 1. The van der Waals surface area contributed by atoms with Crippen LogP contribution in [0.15, 0.2) is 53.5 Å². The molecule has 0 spiro atoms. The number of anilines is 1. The fourth-order valence-electron chi connectivity index (χ4n) is 2.87. The molecule has 23 heavy (non-hydrogen) atoms. The van der Waals surface area contributed by atoms with Crippen molar-refractivity contribution in [1.82, 2.24) is 0 Å². The number of nitrogens with one attached hydrogen (secondary N) is 1. The van der Waals surface area contributed by atoms with Gasteiger partial charge in [0.1, 0.15) is 6.04 Å². The van der Waals surface area contributed by atoms with Gasteiger partial charge in [0.15, 0.2) is 0 Å². The summed E-state index contributed by atoms with van der Waals surface area (Å²) in [6.45, 7) is 6.23. The fourth-order valence-corrected chi connectivity index (χ4v) is 2.87. The highest BCUT2D eigenvalue weighted by atomic mass is 16.2. The van der Waals surface area contributed by atoms with Crippen LogP contribution in [-0.4, -0.2) is 17.7 Å². The van der Waals surface area contributed by atoms with Crippen LogP contribution >= 0.6 is 0 Å². The van der Waals surface area contributed by atoms with Crippen molar-refractivity contribution in [2.75, 3.05) is 5.32 Å². The van der Waals surface area contributed by atoms with Crippen LogP contribution in [0.4, 0.5) is 5.69 Å². The van der Waals surface area contributed by atoms with E-state index in [0.29, 0.717) is 0 Å². The molecule has 2 aromatic rings. The van der Waals surface area contributed by atoms with Gasteiger partial charge in [-0.3, -0.25) is 9.79 Å². The maximum absolute atomic E-state index is 12.6. The quantitative estimate of drug-likeness (QED) is 0.907. The van der Waals surface area contributed by atoms with Crippen molar-refractivity contribution >= 4 is 17.3 Å². The molecule has 118 valence electrons. The van der Waals surface area contributed by atoms with Crippen LogP contribution in [0, 0.1) is 12.8 Å². The number of fused-ring (bicyclic) bond motifs is 1. The number of nitrogens with zero attached hydrogens (tertiary/aromatic N) is 1. The fraction of sp³-hybridized carbons (Fsp3) is 0.300. The Morgan fingerprint density at radius 2 is 1.91 bits per heavy atom. The first-order chi connectivity index (χ1) is 11.1. The summed E-state index contributed by atoms with van der Waals surface area (Å²) in [5, 5.41) is 3.06. The van der Waals surface area contributed by atoms with Crippen molar-refractivity contribution in [2.24, 2.45) is 10.9 Å². The minimum atomic E-state index is -0.358. The smallest absolute Gasteiger partial charge is 0.249 e. The zero-order valence-corrected chi connectivity index (χ0v) is 13.8. The molecule has 0 saturated carbocycles. The van der Waals surface area contributed by atoms with E-state index in [1.54, 1.807) is 0 Å². The van der Waals surface area contributed by atoms with Gasteiger partial charge in [0.25, 0.3) is 0 Å². The Balaban J connectivity index is 2.21. The van der Waals surface area contributed by atoms with E-state index in [1.807, 2.05) is 30.3 Å². The third-order valence-electron chi connectivity index (χ3n) is 4.46. The van der Waals surface area contributed by atoms with E-state index < -0.39 is 0 Å². The molecule has 2 atom stereocenters.